The van der Waals surface area contributed by atoms with Crippen LogP contribution in [0, 0.1) is 5.82 Å². The number of nitrogens with zero attached hydrogens (tertiary/aromatic N) is 1. The number of hydrogen-bond acceptors (Lipinski definition) is 4. The van der Waals surface area contributed by atoms with Gasteiger partial charge in [0.05, 0.1) is 12.7 Å². The van der Waals surface area contributed by atoms with Crippen molar-refractivity contribution in [3.8, 4) is 5.75 Å². The van der Waals surface area contributed by atoms with Crippen LogP contribution in [0.3, 0.4) is 0 Å². The maximum atomic E-state index is 13.2. The fourth-order valence-electron chi connectivity index (χ4n) is 3.83. The van der Waals surface area contributed by atoms with Gasteiger partial charge in [-0.3, -0.25) is 9.69 Å². The van der Waals surface area contributed by atoms with Gasteiger partial charge in [0, 0.05) is 36.3 Å². The number of hydrogen-bond donors (Lipinski definition) is 1. The van der Waals surface area contributed by atoms with E-state index in [0.717, 1.165) is 25.1 Å². The lowest BCUT2D eigenvalue weighted by Crippen LogP contribution is -2.43. The Balaban J connectivity index is 1.27. The summed E-state index contributed by atoms with van der Waals surface area (Å²) in [4.78, 5) is 14.6. The molecule has 1 amide bonds. The Morgan fingerprint density at radius 1 is 1.25 bits per heavy atom. The van der Waals surface area contributed by atoms with E-state index in [1.54, 1.807) is 12.1 Å². The van der Waals surface area contributed by atoms with E-state index in [2.05, 4.69) is 10.2 Å². The van der Waals surface area contributed by atoms with Crippen LogP contribution in [0.4, 0.5) is 4.39 Å². The number of nitrogens with one attached hydrogen (secondary N) is 1. The number of benzene rings is 2. The predicted molar refractivity (Wildman–Crippen MR) is 104 cm³/mol. The van der Waals surface area contributed by atoms with Gasteiger partial charge in [0.25, 0.3) is 5.91 Å². The standard InChI is InChI=1S/C21H22ClFN2O3/c22-15-6-4-14(5-7-15)20-11-25-10-17(9-18(25)12-28-20)24-21(26)13-27-19-3-1-2-16(23)8-19/h1-8,17-18,20H,9-13H2,(H,24,26)/t17-,18+,20-/m1/s1. The maximum Gasteiger partial charge on any atom is 0.258 e. The summed E-state index contributed by atoms with van der Waals surface area (Å²) < 4.78 is 24.5. The molecule has 2 heterocycles. The van der Waals surface area contributed by atoms with Crippen molar-refractivity contribution >= 4 is 17.5 Å². The molecule has 0 bridgehead atoms. The number of carbonyl (C=O) groups is 1. The number of fused-ring (bicyclic) bond motifs is 1. The van der Waals surface area contributed by atoms with Crippen molar-refractivity contribution in [2.24, 2.45) is 0 Å². The normalized spacial score (nSPS) is 24.6. The first-order valence-corrected chi connectivity index (χ1v) is 9.73. The zero-order chi connectivity index (χ0) is 19.5. The molecule has 5 nitrogen and oxygen atoms in total. The molecule has 2 aromatic rings. The lowest BCUT2D eigenvalue weighted by molar-refractivity contribution is -0.123. The lowest BCUT2D eigenvalue weighted by Gasteiger charge is -2.35. The molecule has 28 heavy (non-hydrogen) atoms. The minimum Gasteiger partial charge on any atom is -0.484 e. The minimum absolute atomic E-state index is 0.0132. The van der Waals surface area contributed by atoms with Gasteiger partial charge in [-0.25, -0.2) is 4.39 Å². The SMILES string of the molecule is O=C(COc1cccc(F)c1)N[C@@H]1C[C@H]2CO[C@@H](c3ccc(Cl)cc3)CN2C1. The molecule has 2 aliphatic rings. The molecule has 4 rings (SSSR count). The zero-order valence-corrected chi connectivity index (χ0v) is 16.1. The Morgan fingerprint density at radius 3 is 2.86 bits per heavy atom. The van der Waals surface area contributed by atoms with Crippen LogP contribution in [0.15, 0.2) is 48.5 Å². The molecule has 0 spiro atoms. The quantitative estimate of drug-likeness (QED) is 0.831. The van der Waals surface area contributed by atoms with E-state index in [1.165, 1.54) is 12.1 Å². The molecular formula is C21H22ClFN2O3. The number of carbonyl (C=O) groups excluding carboxylic acids is 1. The molecule has 2 fully saturated rings. The molecule has 0 saturated carbocycles. The van der Waals surface area contributed by atoms with Gasteiger partial charge in [0.2, 0.25) is 0 Å². The van der Waals surface area contributed by atoms with Crippen LogP contribution < -0.4 is 10.1 Å². The second kappa shape index (κ2) is 8.47. The zero-order valence-electron chi connectivity index (χ0n) is 15.3. The molecule has 2 saturated heterocycles. The van der Waals surface area contributed by atoms with Crippen molar-refractivity contribution in [3.63, 3.8) is 0 Å². The van der Waals surface area contributed by atoms with E-state index < -0.39 is 0 Å². The number of ether oxygens (including phenoxy) is 2. The van der Waals surface area contributed by atoms with Crippen molar-refractivity contribution < 1.29 is 18.7 Å². The van der Waals surface area contributed by atoms with E-state index >= 15 is 0 Å². The molecule has 2 aromatic carbocycles. The van der Waals surface area contributed by atoms with Crippen LogP contribution in [0.5, 0.6) is 5.75 Å². The highest BCUT2D eigenvalue weighted by molar-refractivity contribution is 6.30. The van der Waals surface area contributed by atoms with Crippen LogP contribution in [-0.4, -0.2) is 49.2 Å². The molecule has 1 N–H and O–H groups in total. The van der Waals surface area contributed by atoms with Gasteiger partial charge < -0.3 is 14.8 Å². The summed E-state index contributed by atoms with van der Waals surface area (Å²) in [6.07, 6.45) is 0.859. The average molecular weight is 405 g/mol. The third-order valence-corrected chi connectivity index (χ3v) is 5.44. The summed E-state index contributed by atoms with van der Waals surface area (Å²) in [5.41, 5.74) is 1.11. The van der Waals surface area contributed by atoms with Crippen molar-refractivity contribution in [1.82, 2.24) is 10.2 Å². The van der Waals surface area contributed by atoms with Gasteiger partial charge in [-0.15, -0.1) is 0 Å². The van der Waals surface area contributed by atoms with Gasteiger partial charge in [0.1, 0.15) is 11.6 Å². The molecule has 0 aromatic heterocycles. The van der Waals surface area contributed by atoms with E-state index in [1.807, 2.05) is 24.3 Å². The number of amides is 1. The summed E-state index contributed by atoms with van der Waals surface area (Å²) in [7, 11) is 0. The first-order chi connectivity index (χ1) is 13.6. The van der Waals surface area contributed by atoms with Crippen LogP contribution in [-0.2, 0) is 9.53 Å². The van der Waals surface area contributed by atoms with E-state index in [9.17, 15) is 9.18 Å². The molecule has 0 radical (unpaired) electrons. The van der Waals surface area contributed by atoms with E-state index in [-0.39, 0.29) is 30.5 Å². The van der Waals surface area contributed by atoms with Gasteiger partial charge in [-0.1, -0.05) is 29.8 Å². The highest BCUT2D eigenvalue weighted by Crippen LogP contribution is 2.30. The Labute approximate surface area is 168 Å². The van der Waals surface area contributed by atoms with Crippen LogP contribution in [0.1, 0.15) is 18.1 Å². The molecule has 148 valence electrons. The van der Waals surface area contributed by atoms with Gasteiger partial charge in [0.15, 0.2) is 6.61 Å². The summed E-state index contributed by atoms with van der Waals surface area (Å²) in [5, 5.41) is 3.72. The second-order valence-electron chi connectivity index (χ2n) is 7.23. The van der Waals surface area contributed by atoms with Crippen molar-refractivity contribution in [2.75, 3.05) is 26.3 Å². The van der Waals surface area contributed by atoms with Crippen LogP contribution >= 0.6 is 11.6 Å². The highest BCUT2D eigenvalue weighted by Gasteiger charge is 2.38. The number of rotatable bonds is 5. The molecular weight excluding hydrogens is 383 g/mol. The summed E-state index contributed by atoms with van der Waals surface area (Å²) in [5.74, 6) is -0.247. The first-order valence-electron chi connectivity index (χ1n) is 9.35. The summed E-state index contributed by atoms with van der Waals surface area (Å²) in [6.45, 7) is 2.08. The van der Waals surface area contributed by atoms with Crippen molar-refractivity contribution in [3.05, 3.63) is 64.9 Å². The fraction of sp³-hybridized carbons (Fsp3) is 0.381. The topological polar surface area (TPSA) is 50.8 Å². The van der Waals surface area contributed by atoms with E-state index in [4.69, 9.17) is 21.1 Å². The van der Waals surface area contributed by atoms with Crippen LogP contribution in [0.25, 0.3) is 0 Å². The molecule has 3 atom stereocenters. The third-order valence-electron chi connectivity index (χ3n) is 5.19. The highest BCUT2D eigenvalue weighted by atomic mass is 35.5. The largest absolute Gasteiger partial charge is 0.484 e. The predicted octanol–water partition coefficient (Wildman–Crippen LogP) is 3.19. The number of morpholine rings is 1. The Hall–Kier alpha value is -2.15. The molecule has 0 aliphatic carbocycles. The third kappa shape index (κ3) is 4.63. The van der Waals surface area contributed by atoms with Gasteiger partial charge in [-0.2, -0.15) is 0 Å². The van der Waals surface area contributed by atoms with Gasteiger partial charge >= 0.3 is 0 Å². The molecule has 7 heteroatoms. The Bertz CT molecular complexity index is 833. The fourth-order valence-corrected chi connectivity index (χ4v) is 3.96. The van der Waals surface area contributed by atoms with Crippen molar-refractivity contribution in [2.45, 2.75) is 24.6 Å². The van der Waals surface area contributed by atoms with Gasteiger partial charge in [-0.05, 0) is 36.2 Å². The lowest BCUT2D eigenvalue weighted by atomic mass is 10.1. The maximum absolute atomic E-state index is 13.2. The smallest absolute Gasteiger partial charge is 0.258 e. The first kappa shape index (κ1) is 19.2. The Kier molecular flexibility index (Phi) is 5.80. The monoisotopic (exact) mass is 404 g/mol. The van der Waals surface area contributed by atoms with E-state index in [0.29, 0.717) is 23.4 Å². The Morgan fingerprint density at radius 2 is 2.07 bits per heavy atom. The summed E-state index contributed by atoms with van der Waals surface area (Å²) >= 11 is 5.96. The van der Waals surface area contributed by atoms with Crippen molar-refractivity contribution in [1.29, 1.82) is 0 Å². The van der Waals surface area contributed by atoms with Crippen LogP contribution in [0.2, 0.25) is 5.02 Å². The average Bonchev–Trinajstić information content (AvgIpc) is 3.08. The molecule has 0 unspecified atom stereocenters. The minimum atomic E-state index is -0.388. The number of halogens is 2. The molecule has 2 aliphatic heterocycles. The second-order valence-corrected chi connectivity index (χ2v) is 7.66. The summed E-state index contributed by atoms with van der Waals surface area (Å²) in [6, 6.07) is 13.9.